The highest BCUT2D eigenvalue weighted by Gasteiger charge is 2.14. The van der Waals surface area contributed by atoms with Crippen molar-refractivity contribution in [2.24, 2.45) is 0 Å². The molecular weight excluding hydrogens is 248 g/mol. The molecule has 0 amide bonds. The Morgan fingerprint density at radius 3 is 2.60 bits per heavy atom. The Labute approximate surface area is 119 Å². The molecule has 1 aromatic carbocycles. The van der Waals surface area contributed by atoms with E-state index in [9.17, 15) is 0 Å². The molecule has 0 spiro atoms. The maximum absolute atomic E-state index is 4.38. The quantitative estimate of drug-likeness (QED) is 0.924. The fraction of sp³-hybridized carbons (Fsp3) is 0.375. The molecule has 0 radical (unpaired) electrons. The molecule has 2 heterocycles. The van der Waals surface area contributed by atoms with Crippen LogP contribution in [-0.2, 0) is 0 Å². The van der Waals surface area contributed by atoms with E-state index in [1.165, 1.54) is 18.4 Å². The van der Waals surface area contributed by atoms with Crippen LogP contribution in [0.1, 0.15) is 31.4 Å². The van der Waals surface area contributed by atoms with Crippen LogP contribution in [-0.4, -0.2) is 23.1 Å². The summed E-state index contributed by atoms with van der Waals surface area (Å²) in [5.74, 6) is 1.92. The minimum atomic E-state index is 0.234. The highest BCUT2D eigenvalue weighted by atomic mass is 15.2. The third-order valence-corrected chi connectivity index (χ3v) is 3.75. The van der Waals surface area contributed by atoms with Crippen molar-refractivity contribution in [3.05, 3.63) is 48.3 Å². The molecule has 1 unspecified atom stereocenters. The zero-order valence-corrected chi connectivity index (χ0v) is 11.8. The summed E-state index contributed by atoms with van der Waals surface area (Å²) < 4.78 is 0. The van der Waals surface area contributed by atoms with E-state index in [1.54, 1.807) is 6.33 Å². The minimum Gasteiger partial charge on any atom is -0.363 e. The molecule has 1 atom stereocenters. The number of nitrogens with one attached hydrogen (secondary N) is 1. The first-order valence-corrected chi connectivity index (χ1v) is 7.21. The van der Waals surface area contributed by atoms with E-state index < -0.39 is 0 Å². The van der Waals surface area contributed by atoms with Gasteiger partial charge in [0.25, 0.3) is 0 Å². The Morgan fingerprint density at radius 1 is 1.10 bits per heavy atom. The number of rotatable bonds is 4. The van der Waals surface area contributed by atoms with Crippen LogP contribution in [0.25, 0.3) is 0 Å². The van der Waals surface area contributed by atoms with Crippen molar-refractivity contribution in [3.8, 4) is 0 Å². The lowest BCUT2D eigenvalue weighted by atomic mass is 10.1. The summed E-state index contributed by atoms with van der Waals surface area (Å²) in [6.07, 6.45) is 4.16. The first-order valence-electron chi connectivity index (χ1n) is 7.21. The van der Waals surface area contributed by atoms with Gasteiger partial charge < -0.3 is 10.2 Å². The molecule has 1 saturated heterocycles. The second kappa shape index (κ2) is 5.90. The van der Waals surface area contributed by atoms with Gasteiger partial charge in [-0.15, -0.1) is 0 Å². The van der Waals surface area contributed by atoms with Gasteiger partial charge in [0, 0.05) is 25.2 Å². The molecular formula is C16H20N4. The lowest BCUT2D eigenvalue weighted by Gasteiger charge is -2.19. The summed E-state index contributed by atoms with van der Waals surface area (Å²) in [5.41, 5.74) is 1.26. The van der Waals surface area contributed by atoms with Crippen LogP contribution in [0.4, 0.5) is 11.6 Å². The van der Waals surface area contributed by atoms with Crippen molar-refractivity contribution in [2.75, 3.05) is 23.3 Å². The molecule has 1 fully saturated rings. The van der Waals surface area contributed by atoms with Gasteiger partial charge in [-0.1, -0.05) is 30.3 Å². The molecule has 0 saturated carbocycles. The molecule has 3 rings (SSSR count). The second-order valence-corrected chi connectivity index (χ2v) is 5.23. The Morgan fingerprint density at radius 2 is 1.85 bits per heavy atom. The highest BCUT2D eigenvalue weighted by Crippen LogP contribution is 2.22. The minimum absolute atomic E-state index is 0.234. The van der Waals surface area contributed by atoms with E-state index in [1.807, 2.05) is 12.1 Å². The molecule has 0 aliphatic carbocycles. The lowest BCUT2D eigenvalue weighted by Crippen LogP contribution is -2.19. The van der Waals surface area contributed by atoms with Gasteiger partial charge in [-0.3, -0.25) is 0 Å². The van der Waals surface area contributed by atoms with Gasteiger partial charge in [-0.2, -0.15) is 0 Å². The fourth-order valence-corrected chi connectivity index (χ4v) is 2.59. The van der Waals surface area contributed by atoms with Crippen molar-refractivity contribution in [2.45, 2.75) is 25.8 Å². The van der Waals surface area contributed by atoms with Crippen LogP contribution < -0.4 is 10.2 Å². The van der Waals surface area contributed by atoms with Crippen molar-refractivity contribution in [1.82, 2.24) is 9.97 Å². The van der Waals surface area contributed by atoms with Crippen LogP contribution in [0, 0.1) is 0 Å². The molecule has 20 heavy (non-hydrogen) atoms. The standard InChI is InChI=1S/C16H20N4/c1-13(14-7-3-2-4-8-14)19-15-11-16(18-12-17-15)20-9-5-6-10-20/h2-4,7-8,11-13H,5-6,9-10H2,1H3,(H,17,18,19). The average Bonchev–Trinajstić information content (AvgIpc) is 3.03. The molecule has 0 bridgehead atoms. The summed E-state index contributed by atoms with van der Waals surface area (Å²) in [7, 11) is 0. The smallest absolute Gasteiger partial charge is 0.134 e. The first kappa shape index (κ1) is 12.9. The predicted octanol–water partition coefficient (Wildman–Crippen LogP) is 3.25. The van der Waals surface area contributed by atoms with Gasteiger partial charge in [-0.25, -0.2) is 9.97 Å². The SMILES string of the molecule is CC(Nc1cc(N2CCCC2)ncn1)c1ccccc1. The van der Waals surface area contributed by atoms with Crippen LogP contribution >= 0.6 is 0 Å². The van der Waals surface area contributed by atoms with Gasteiger partial charge in [-0.05, 0) is 25.3 Å². The summed E-state index contributed by atoms with van der Waals surface area (Å²) >= 11 is 0. The van der Waals surface area contributed by atoms with E-state index in [2.05, 4.69) is 51.4 Å². The van der Waals surface area contributed by atoms with Crippen LogP contribution in [0.5, 0.6) is 0 Å². The van der Waals surface area contributed by atoms with E-state index in [0.29, 0.717) is 0 Å². The van der Waals surface area contributed by atoms with E-state index in [4.69, 9.17) is 0 Å². The first-order chi connectivity index (χ1) is 9.83. The maximum atomic E-state index is 4.38. The Balaban J connectivity index is 1.72. The van der Waals surface area contributed by atoms with Crippen LogP contribution in [0.2, 0.25) is 0 Å². The van der Waals surface area contributed by atoms with Crippen molar-refractivity contribution < 1.29 is 0 Å². The zero-order chi connectivity index (χ0) is 13.8. The number of hydrogen-bond acceptors (Lipinski definition) is 4. The zero-order valence-electron chi connectivity index (χ0n) is 11.8. The fourth-order valence-electron chi connectivity index (χ4n) is 2.59. The molecule has 1 aliphatic rings. The molecule has 4 heteroatoms. The van der Waals surface area contributed by atoms with E-state index in [0.717, 1.165) is 24.7 Å². The number of hydrogen-bond donors (Lipinski definition) is 1. The molecule has 1 aromatic heterocycles. The van der Waals surface area contributed by atoms with E-state index in [-0.39, 0.29) is 6.04 Å². The van der Waals surface area contributed by atoms with Crippen molar-refractivity contribution in [3.63, 3.8) is 0 Å². The Bertz CT molecular complexity index is 549. The Kier molecular flexibility index (Phi) is 3.81. The van der Waals surface area contributed by atoms with E-state index >= 15 is 0 Å². The van der Waals surface area contributed by atoms with Gasteiger partial charge in [0.15, 0.2) is 0 Å². The second-order valence-electron chi connectivity index (χ2n) is 5.23. The van der Waals surface area contributed by atoms with Gasteiger partial charge >= 0.3 is 0 Å². The third-order valence-electron chi connectivity index (χ3n) is 3.75. The summed E-state index contributed by atoms with van der Waals surface area (Å²) in [4.78, 5) is 11.0. The molecule has 4 nitrogen and oxygen atoms in total. The lowest BCUT2D eigenvalue weighted by molar-refractivity contribution is 0.866. The number of anilines is 2. The predicted molar refractivity (Wildman–Crippen MR) is 82.0 cm³/mol. The highest BCUT2D eigenvalue weighted by molar-refractivity contribution is 5.49. The monoisotopic (exact) mass is 268 g/mol. The summed E-state index contributed by atoms with van der Waals surface area (Å²) in [6, 6.07) is 12.7. The molecule has 104 valence electrons. The topological polar surface area (TPSA) is 41.0 Å². The van der Waals surface area contributed by atoms with Crippen LogP contribution in [0.15, 0.2) is 42.7 Å². The van der Waals surface area contributed by atoms with Crippen molar-refractivity contribution in [1.29, 1.82) is 0 Å². The van der Waals surface area contributed by atoms with Gasteiger partial charge in [0.1, 0.15) is 18.0 Å². The Hall–Kier alpha value is -2.10. The molecule has 2 aromatic rings. The average molecular weight is 268 g/mol. The number of nitrogens with zero attached hydrogens (tertiary/aromatic N) is 3. The summed E-state index contributed by atoms with van der Waals surface area (Å²) in [6.45, 7) is 4.35. The molecule has 1 aliphatic heterocycles. The third kappa shape index (κ3) is 2.90. The van der Waals surface area contributed by atoms with Crippen LogP contribution in [0.3, 0.4) is 0 Å². The van der Waals surface area contributed by atoms with Gasteiger partial charge in [0.2, 0.25) is 0 Å². The normalized spacial score (nSPS) is 16.1. The maximum Gasteiger partial charge on any atom is 0.134 e. The number of aromatic nitrogens is 2. The van der Waals surface area contributed by atoms with Crippen molar-refractivity contribution >= 4 is 11.6 Å². The van der Waals surface area contributed by atoms with Gasteiger partial charge in [0.05, 0.1) is 0 Å². The number of benzene rings is 1. The largest absolute Gasteiger partial charge is 0.363 e. The summed E-state index contributed by atoms with van der Waals surface area (Å²) in [5, 5.41) is 3.44. The molecule has 1 N–H and O–H groups in total.